The molecule has 3 aromatic carbocycles. The van der Waals surface area contributed by atoms with Gasteiger partial charge in [-0.1, -0.05) is 11.6 Å². The molecule has 2 aliphatic carbocycles. The van der Waals surface area contributed by atoms with E-state index in [0.29, 0.717) is 15.4 Å². The molecule has 3 aromatic heterocycles. The molecule has 3 atom stereocenters. The van der Waals surface area contributed by atoms with Gasteiger partial charge in [-0.25, -0.2) is 39.7 Å². The zero-order valence-corrected chi connectivity index (χ0v) is 32.4. The summed E-state index contributed by atoms with van der Waals surface area (Å²) in [7, 11) is -2.79. The third-order valence-corrected chi connectivity index (χ3v) is 11.1. The van der Waals surface area contributed by atoms with Gasteiger partial charge in [0.15, 0.2) is 5.82 Å². The lowest BCUT2D eigenvalue weighted by Gasteiger charge is -2.24. The smallest absolute Gasteiger partial charge is 0.293 e. The maximum atomic E-state index is 15.4. The Bertz CT molecular complexity index is 2900. The minimum atomic E-state index is -4.11. The van der Waals surface area contributed by atoms with Crippen LogP contribution in [0, 0.1) is 17.6 Å². The monoisotopic (exact) mass is 884 g/mol. The summed E-state index contributed by atoms with van der Waals surface area (Å²) in [6.07, 6.45) is -6.18. The van der Waals surface area contributed by atoms with Crippen molar-refractivity contribution < 1.29 is 53.1 Å². The van der Waals surface area contributed by atoms with Gasteiger partial charge in [0.05, 0.1) is 51.9 Å². The van der Waals surface area contributed by atoms with Crippen LogP contribution in [-0.2, 0) is 40.3 Å². The molecule has 0 aliphatic heterocycles. The van der Waals surface area contributed by atoms with Crippen molar-refractivity contribution in [2.75, 3.05) is 18.1 Å². The average Bonchev–Trinajstić information content (AvgIpc) is 3.68. The molecule has 6 aromatic rings. The van der Waals surface area contributed by atoms with Crippen molar-refractivity contribution in [3.8, 4) is 11.4 Å². The Morgan fingerprint density at radius 3 is 2.40 bits per heavy atom. The lowest BCUT2D eigenvalue weighted by atomic mass is 10.0. The molecule has 13 nitrogen and oxygen atoms in total. The number of anilines is 1. The largest absolute Gasteiger partial charge is 0.497 e. The Kier molecular flexibility index (Phi) is 10.1. The number of amides is 1. The van der Waals surface area contributed by atoms with Gasteiger partial charge in [-0.15, -0.1) is 0 Å². The van der Waals surface area contributed by atoms with Gasteiger partial charge >= 0.3 is 0 Å². The number of nitrogens with zero attached hydrogens (tertiary/aromatic N) is 6. The van der Waals surface area contributed by atoms with Gasteiger partial charge < -0.3 is 10.1 Å². The third-order valence-electron chi connectivity index (χ3n) is 10.2. The second kappa shape index (κ2) is 14.7. The van der Waals surface area contributed by atoms with Crippen molar-refractivity contribution in [3.63, 3.8) is 0 Å². The molecule has 1 saturated carbocycles. The standard InChI is InChI=1S/C37H29ClF8N8O5S/c1-59-18-3-4-19-23(11-18)48-35(54(36(19)56)25-6-5-22(38)29-31(25)52(13-26(41)42)50-34(29)51-60(2,57)58)24(9-15-7-16(39)10-17(40)8-15)47-27(55)14-53-32-28(30(49-53)33(43)44)20-12-21(20)37(32,45)46/h3-8,10-11,20-21,24,26,33H,9,12-14H2,1-2H3,(H,47,55)(H,50,51)/t20-,21+,24?/m0/s1. The summed E-state index contributed by atoms with van der Waals surface area (Å²) in [5, 5.41) is 9.71. The summed E-state index contributed by atoms with van der Waals surface area (Å²) in [5.74, 6) is -9.67. The normalized spacial score (nSPS) is 17.4. The second-order valence-electron chi connectivity index (χ2n) is 14.4. The lowest BCUT2D eigenvalue weighted by molar-refractivity contribution is -0.123. The molecule has 60 heavy (non-hydrogen) atoms. The van der Waals surface area contributed by atoms with Crippen molar-refractivity contribution in [2.45, 2.75) is 56.7 Å². The van der Waals surface area contributed by atoms with Gasteiger partial charge in [0.25, 0.3) is 24.3 Å². The number of carbonyl (C=O) groups is 1. The Hall–Kier alpha value is -5.77. The summed E-state index contributed by atoms with van der Waals surface area (Å²) in [5.41, 5.74) is -3.80. The van der Waals surface area contributed by atoms with E-state index in [-0.39, 0.29) is 55.8 Å². The number of methoxy groups -OCH3 is 1. The van der Waals surface area contributed by atoms with Crippen molar-refractivity contribution in [1.82, 2.24) is 34.4 Å². The number of benzene rings is 3. The highest BCUT2D eigenvalue weighted by molar-refractivity contribution is 7.92. The fourth-order valence-electron chi connectivity index (χ4n) is 7.85. The zero-order chi connectivity index (χ0) is 43.2. The van der Waals surface area contributed by atoms with Crippen molar-refractivity contribution >= 4 is 55.2 Å². The van der Waals surface area contributed by atoms with Crippen molar-refractivity contribution in [3.05, 3.63) is 104 Å². The van der Waals surface area contributed by atoms with Gasteiger partial charge in [0, 0.05) is 30.0 Å². The molecule has 1 amide bonds. The topological polar surface area (TPSA) is 155 Å². The molecule has 0 radical (unpaired) electrons. The first-order valence-electron chi connectivity index (χ1n) is 17.8. The highest BCUT2D eigenvalue weighted by Gasteiger charge is 2.67. The van der Waals surface area contributed by atoms with Gasteiger partial charge in [0.2, 0.25) is 15.9 Å². The number of sulfonamides is 1. The average molecular weight is 885 g/mol. The summed E-state index contributed by atoms with van der Waals surface area (Å²) < 4.78 is 151. The van der Waals surface area contributed by atoms with E-state index in [1.54, 1.807) is 0 Å². The molecule has 2 aliphatic rings. The predicted octanol–water partition coefficient (Wildman–Crippen LogP) is 6.76. The molecular formula is C37H29ClF8N8O5S. The maximum Gasteiger partial charge on any atom is 0.293 e. The summed E-state index contributed by atoms with van der Waals surface area (Å²) >= 11 is 6.52. The molecule has 0 bridgehead atoms. The molecule has 1 unspecified atom stereocenters. The van der Waals surface area contributed by atoms with Crippen LogP contribution in [0.1, 0.15) is 53.1 Å². The quantitative estimate of drug-likeness (QED) is 0.121. The first kappa shape index (κ1) is 41.0. The Morgan fingerprint density at radius 2 is 1.75 bits per heavy atom. The highest BCUT2D eigenvalue weighted by atomic mass is 35.5. The number of rotatable bonds is 13. The van der Waals surface area contributed by atoms with E-state index in [1.165, 1.54) is 37.4 Å². The Balaban J connectivity index is 1.35. The van der Waals surface area contributed by atoms with E-state index in [9.17, 15) is 44.3 Å². The molecule has 1 fully saturated rings. The number of halogens is 9. The fourth-order valence-corrected chi connectivity index (χ4v) is 8.59. The molecular weight excluding hydrogens is 856 g/mol. The van der Waals surface area contributed by atoms with E-state index in [1.807, 2.05) is 0 Å². The molecule has 316 valence electrons. The number of carbonyl (C=O) groups excluding carboxylic acids is 1. The van der Waals surface area contributed by atoms with Crippen molar-refractivity contribution in [1.29, 1.82) is 0 Å². The number of hydrogen-bond acceptors (Lipinski definition) is 8. The second-order valence-corrected chi connectivity index (χ2v) is 16.5. The Morgan fingerprint density at radius 1 is 1.03 bits per heavy atom. The van der Waals surface area contributed by atoms with Gasteiger partial charge in [-0.05, 0) is 54.3 Å². The third kappa shape index (κ3) is 7.28. The number of alkyl halides is 6. The predicted molar refractivity (Wildman–Crippen MR) is 200 cm³/mol. The molecule has 3 heterocycles. The summed E-state index contributed by atoms with van der Waals surface area (Å²) in [4.78, 5) is 33.4. The molecule has 0 saturated heterocycles. The van der Waals surface area contributed by atoms with E-state index in [4.69, 9.17) is 16.3 Å². The number of ether oxygens (including phenoxy) is 1. The van der Waals surface area contributed by atoms with E-state index >= 15 is 8.78 Å². The van der Waals surface area contributed by atoms with Crippen LogP contribution in [0.2, 0.25) is 5.02 Å². The van der Waals surface area contributed by atoms with Crippen LogP contribution >= 0.6 is 11.6 Å². The molecule has 8 rings (SSSR count). The number of hydrogen-bond donors (Lipinski definition) is 2. The maximum absolute atomic E-state index is 15.4. The van der Waals surface area contributed by atoms with Crippen molar-refractivity contribution in [2.24, 2.45) is 5.92 Å². The number of fused-ring (bicyclic) bond motifs is 5. The minimum Gasteiger partial charge on any atom is -0.497 e. The SMILES string of the molecule is COc1ccc2c(=O)n(-c3ccc(Cl)c4c(NS(C)(=O)=O)nn(CC(F)F)c34)c(C(Cc3cc(F)cc(F)c3)NC(=O)Cn3nc(C(F)F)c4c3C(F)(F)[C@@H]3C[C@H]43)nc2c1. The fraction of sp³-hybridized carbons (Fsp3) is 0.324. The van der Waals surface area contributed by atoms with Crippen LogP contribution in [0.15, 0.2) is 53.3 Å². The Labute approximate surface area is 337 Å². The van der Waals surface area contributed by atoms with Gasteiger partial charge in [0.1, 0.15) is 47.7 Å². The highest BCUT2D eigenvalue weighted by Crippen LogP contribution is 2.68. The van der Waals surface area contributed by atoms with Crippen LogP contribution in [0.25, 0.3) is 27.5 Å². The lowest BCUT2D eigenvalue weighted by Crippen LogP contribution is -2.38. The summed E-state index contributed by atoms with van der Waals surface area (Å²) in [6, 6.07) is 7.19. The number of aromatic nitrogens is 6. The zero-order valence-electron chi connectivity index (χ0n) is 30.9. The first-order valence-corrected chi connectivity index (χ1v) is 20.1. The van der Waals surface area contributed by atoms with Crippen LogP contribution in [0.3, 0.4) is 0 Å². The van der Waals surface area contributed by atoms with E-state index in [0.717, 1.165) is 23.0 Å². The van der Waals surface area contributed by atoms with Crippen LogP contribution in [-0.4, -0.2) is 63.2 Å². The minimum absolute atomic E-state index is 0.0418. The summed E-state index contributed by atoms with van der Waals surface area (Å²) in [6.45, 7) is -2.21. The molecule has 2 N–H and O–H groups in total. The van der Waals surface area contributed by atoms with Gasteiger partial charge in [-0.2, -0.15) is 19.0 Å². The van der Waals surface area contributed by atoms with E-state index < -0.39 is 112 Å². The van der Waals surface area contributed by atoms with Crippen LogP contribution < -0.4 is 20.3 Å². The van der Waals surface area contributed by atoms with Gasteiger partial charge in [-0.3, -0.25) is 28.2 Å². The molecule has 0 spiro atoms. The molecule has 23 heteroatoms. The first-order chi connectivity index (χ1) is 28.2. The van der Waals surface area contributed by atoms with Crippen LogP contribution in [0.4, 0.5) is 40.9 Å². The van der Waals surface area contributed by atoms with E-state index in [2.05, 4.69) is 25.2 Å². The number of nitrogens with one attached hydrogen (secondary N) is 2. The van der Waals surface area contributed by atoms with Crippen LogP contribution in [0.5, 0.6) is 5.75 Å².